The predicted molar refractivity (Wildman–Crippen MR) is 323 cm³/mol. The van der Waals surface area contributed by atoms with Gasteiger partial charge in [-0.05, 0) is 128 Å². The summed E-state index contributed by atoms with van der Waals surface area (Å²) in [6.07, 6.45) is 0. The van der Waals surface area contributed by atoms with Gasteiger partial charge in [0.05, 0.1) is 61.8 Å². The van der Waals surface area contributed by atoms with Gasteiger partial charge in [-0.15, -0.1) is 11.3 Å². The van der Waals surface area contributed by atoms with Crippen molar-refractivity contribution in [2.24, 2.45) is 0 Å². The van der Waals surface area contributed by atoms with E-state index in [1.165, 1.54) is 27.5 Å². The van der Waals surface area contributed by atoms with Gasteiger partial charge in [0.1, 0.15) is 11.2 Å². The molecule has 0 saturated heterocycles. The van der Waals surface area contributed by atoms with E-state index in [1.54, 1.807) is 11.3 Å². The topological polar surface area (TPSA) is 48.3 Å². The Labute approximate surface area is 453 Å². The standard InChI is InChI=1S/C69H57ClN4OS/c1-67(2,3)45-25-29-55-52(35-45)53-36-47(69(7,8)9)38-60-65(53)74(55)57-37-46(68(4,5)6)26-30-56(57)73(60)59-33-41(39-71)32-58(64(59)70)72(61-40-76-63-31-24-44(34-54(61)63)42-16-11-10-12-17-42)48-27-22-43(23-28-48)49-19-15-20-51-50-18-13-14-21-62(50)75-66(49)51/h10-38,40H,1-9H3. The van der Waals surface area contributed by atoms with Crippen LogP contribution in [-0.4, -0.2) is 4.57 Å². The first kappa shape index (κ1) is 47.6. The second-order valence-corrected chi connectivity index (χ2v) is 24.8. The molecular formula is C69H57ClN4OS. The summed E-state index contributed by atoms with van der Waals surface area (Å²) in [5.41, 5.74) is 18.5. The summed E-state index contributed by atoms with van der Waals surface area (Å²) < 4.78 is 10.2. The average molecular weight is 1030 g/mol. The summed E-state index contributed by atoms with van der Waals surface area (Å²) >= 11 is 9.95. The third-order valence-corrected chi connectivity index (χ3v) is 16.9. The summed E-state index contributed by atoms with van der Waals surface area (Å²) in [6, 6.07) is 65.7. The number of hydrogen-bond acceptors (Lipinski definition) is 5. The highest BCUT2D eigenvalue weighted by molar-refractivity contribution is 7.17. The number of benzene rings is 9. The summed E-state index contributed by atoms with van der Waals surface area (Å²) in [7, 11) is 0. The molecule has 372 valence electrons. The molecule has 12 aromatic rings. The number of para-hydroxylation sites is 2. The van der Waals surface area contributed by atoms with Crippen molar-refractivity contribution in [2.45, 2.75) is 78.6 Å². The lowest BCUT2D eigenvalue weighted by atomic mass is 9.84. The van der Waals surface area contributed by atoms with Crippen LogP contribution in [0.2, 0.25) is 5.02 Å². The first-order valence-corrected chi connectivity index (χ1v) is 27.4. The molecule has 76 heavy (non-hydrogen) atoms. The maximum Gasteiger partial charge on any atom is 0.143 e. The molecule has 0 spiro atoms. The molecule has 7 heteroatoms. The lowest BCUT2D eigenvalue weighted by Gasteiger charge is -2.37. The summed E-state index contributed by atoms with van der Waals surface area (Å²) in [4.78, 5) is 4.59. The van der Waals surface area contributed by atoms with Crippen molar-refractivity contribution in [3.8, 4) is 34.0 Å². The lowest BCUT2D eigenvalue weighted by molar-refractivity contribution is 0.589. The molecule has 0 unspecified atom stereocenters. The number of furan rings is 1. The molecule has 0 fully saturated rings. The van der Waals surface area contributed by atoms with Crippen LogP contribution in [0.1, 0.15) is 84.6 Å². The predicted octanol–water partition coefficient (Wildman–Crippen LogP) is 20.9. The molecule has 0 radical (unpaired) electrons. The minimum absolute atomic E-state index is 0.0517. The van der Waals surface area contributed by atoms with Crippen LogP contribution >= 0.6 is 22.9 Å². The Morgan fingerprint density at radius 2 is 1.18 bits per heavy atom. The highest BCUT2D eigenvalue weighted by Crippen LogP contribution is 2.56. The van der Waals surface area contributed by atoms with Crippen LogP contribution in [0.15, 0.2) is 186 Å². The number of halogens is 1. The third-order valence-electron chi connectivity index (χ3n) is 15.5. The minimum Gasteiger partial charge on any atom is -0.455 e. The van der Waals surface area contributed by atoms with Gasteiger partial charge in [0.2, 0.25) is 0 Å². The summed E-state index contributed by atoms with van der Waals surface area (Å²) in [6.45, 7) is 20.5. The van der Waals surface area contributed by atoms with Crippen LogP contribution in [0.25, 0.3) is 81.8 Å². The van der Waals surface area contributed by atoms with Gasteiger partial charge in [-0.25, -0.2) is 0 Å². The fourth-order valence-corrected chi connectivity index (χ4v) is 12.5. The van der Waals surface area contributed by atoms with E-state index in [0.29, 0.717) is 16.3 Å². The van der Waals surface area contributed by atoms with Gasteiger partial charge in [-0.3, -0.25) is 0 Å². The molecule has 3 aromatic heterocycles. The maximum atomic E-state index is 11.2. The Bertz CT molecular complexity index is 4380. The van der Waals surface area contributed by atoms with Gasteiger partial charge in [-0.2, -0.15) is 5.26 Å². The monoisotopic (exact) mass is 1020 g/mol. The molecular weight excluding hydrogens is 968 g/mol. The van der Waals surface area contributed by atoms with Gasteiger partial charge in [0.25, 0.3) is 0 Å². The number of nitrogens with zero attached hydrogens (tertiary/aromatic N) is 4. The first-order valence-electron chi connectivity index (χ1n) is 26.1. The van der Waals surface area contributed by atoms with E-state index in [-0.39, 0.29) is 16.2 Å². The van der Waals surface area contributed by atoms with Crippen molar-refractivity contribution in [1.29, 1.82) is 5.26 Å². The molecule has 0 amide bonds. The number of hydrogen-bond donors (Lipinski definition) is 0. The van der Waals surface area contributed by atoms with Crippen LogP contribution in [0.3, 0.4) is 0 Å². The normalized spacial score (nSPS) is 12.8. The second-order valence-electron chi connectivity index (χ2n) is 23.5. The molecule has 0 bridgehead atoms. The molecule has 0 aliphatic carbocycles. The number of fused-ring (bicyclic) bond motifs is 9. The van der Waals surface area contributed by atoms with Crippen molar-refractivity contribution in [1.82, 2.24) is 4.57 Å². The van der Waals surface area contributed by atoms with Crippen LogP contribution in [-0.2, 0) is 16.2 Å². The number of rotatable bonds is 6. The number of thiophene rings is 1. The molecule has 0 saturated carbocycles. The molecule has 1 aliphatic heterocycles. The van der Waals surface area contributed by atoms with Crippen LogP contribution < -0.4 is 9.80 Å². The second kappa shape index (κ2) is 17.2. The zero-order chi connectivity index (χ0) is 52.6. The summed E-state index contributed by atoms with van der Waals surface area (Å²) in [5, 5.41) is 19.6. The third kappa shape index (κ3) is 7.62. The maximum absolute atomic E-state index is 11.2. The van der Waals surface area contributed by atoms with Crippen LogP contribution in [0.4, 0.5) is 34.1 Å². The van der Waals surface area contributed by atoms with E-state index in [1.807, 2.05) is 24.3 Å². The van der Waals surface area contributed by atoms with Gasteiger partial charge in [0, 0.05) is 48.3 Å². The van der Waals surface area contributed by atoms with Crippen LogP contribution in [0.5, 0.6) is 0 Å². The molecule has 0 N–H and O–H groups in total. The SMILES string of the molecule is CC(C)(C)c1ccc2c(c1)-n1c3ccc(C(C)(C)C)cc3c3cc(C(C)(C)C)cc(c31)N2c1cc(C#N)cc(N(c2ccc(-c3cccc4c3oc3ccccc34)cc2)c2csc3ccc(-c4ccccc4)cc23)c1Cl. The smallest absolute Gasteiger partial charge is 0.143 e. The molecule has 9 aromatic carbocycles. The lowest BCUT2D eigenvalue weighted by Crippen LogP contribution is -2.22. The van der Waals surface area contributed by atoms with Crippen molar-refractivity contribution < 1.29 is 4.42 Å². The zero-order valence-corrected chi connectivity index (χ0v) is 45.9. The molecule has 0 atom stereocenters. The Kier molecular flexibility index (Phi) is 10.8. The Hall–Kier alpha value is -8.08. The highest BCUT2D eigenvalue weighted by atomic mass is 35.5. The van der Waals surface area contributed by atoms with E-state index >= 15 is 0 Å². The molecule has 13 rings (SSSR count). The Balaban J connectivity index is 1.08. The minimum atomic E-state index is -0.191. The number of aromatic nitrogens is 1. The largest absolute Gasteiger partial charge is 0.455 e. The van der Waals surface area contributed by atoms with Crippen LogP contribution in [0, 0.1) is 11.3 Å². The quantitative estimate of drug-likeness (QED) is 0.167. The van der Waals surface area contributed by atoms with Crippen molar-refractivity contribution in [2.75, 3.05) is 9.80 Å². The van der Waals surface area contributed by atoms with E-state index in [2.05, 4.69) is 240 Å². The molecule has 5 nitrogen and oxygen atoms in total. The van der Waals surface area contributed by atoms with E-state index in [9.17, 15) is 5.26 Å². The highest BCUT2D eigenvalue weighted by Gasteiger charge is 2.35. The number of nitriles is 1. The molecule has 1 aliphatic rings. The van der Waals surface area contributed by atoms with Crippen molar-refractivity contribution >= 4 is 111 Å². The fraction of sp³-hybridized carbons (Fsp3) is 0.174. The van der Waals surface area contributed by atoms with Gasteiger partial charge in [-0.1, -0.05) is 171 Å². The Morgan fingerprint density at radius 1 is 0.513 bits per heavy atom. The van der Waals surface area contributed by atoms with Crippen molar-refractivity contribution in [3.05, 3.63) is 209 Å². The zero-order valence-electron chi connectivity index (χ0n) is 44.3. The average Bonchev–Trinajstić information content (AvgIpc) is 4.27. The van der Waals surface area contributed by atoms with Gasteiger partial charge in [0.15, 0.2) is 0 Å². The molecule has 4 heterocycles. The van der Waals surface area contributed by atoms with Gasteiger partial charge >= 0.3 is 0 Å². The first-order chi connectivity index (χ1) is 36.4. The van der Waals surface area contributed by atoms with E-state index in [0.717, 1.165) is 99.4 Å². The number of anilines is 6. The summed E-state index contributed by atoms with van der Waals surface area (Å²) in [5.74, 6) is 0. The van der Waals surface area contributed by atoms with E-state index < -0.39 is 0 Å². The van der Waals surface area contributed by atoms with E-state index in [4.69, 9.17) is 16.0 Å². The van der Waals surface area contributed by atoms with Crippen molar-refractivity contribution in [3.63, 3.8) is 0 Å². The fourth-order valence-electron chi connectivity index (χ4n) is 11.3. The Morgan fingerprint density at radius 3 is 1.93 bits per heavy atom. The van der Waals surface area contributed by atoms with Gasteiger partial charge < -0.3 is 18.8 Å².